The SMILES string of the molecule is NC(=NO)c1ncn2c1Cn1ncnc1-c1cc(F)ccc1-2. The van der Waals surface area contributed by atoms with Gasteiger partial charge in [0, 0.05) is 5.56 Å². The van der Waals surface area contributed by atoms with E-state index in [0.29, 0.717) is 35.0 Å². The summed E-state index contributed by atoms with van der Waals surface area (Å²) in [7, 11) is 0. The van der Waals surface area contributed by atoms with E-state index >= 15 is 0 Å². The van der Waals surface area contributed by atoms with Gasteiger partial charge < -0.3 is 10.9 Å². The molecule has 1 aliphatic rings. The van der Waals surface area contributed by atoms with Crippen molar-refractivity contribution >= 4 is 5.84 Å². The van der Waals surface area contributed by atoms with Gasteiger partial charge in [-0.2, -0.15) is 5.10 Å². The maximum absolute atomic E-state index is 13.6. The Labute approximate surface area is 123 Å². The molecule has 0 aliphatic carbocycles. The second kappa shape index (κ2) is 4.38. The van der Waals surface area contributed by atoms with Gasteiger partial charge in [0.2, 0.25) is 0 Å². The lowest BCUT2D eigenvalue weighted by Gasteiger charge is -2.08. The smallest absolute Gasteiger partial charge is 0.190 e. The predicted molar refractivity (Wildman–Crippen MR) is 74.2 cm³/mol. The third-order valence-electron chi connectivity index (χ3n) is 3.59. The van der Waals surface area contributed by atoms with Gasteiger partial charge >= 0.3 is 0 Å². The first-order valence-corrected chi connectivity index (χ1v) is 6.41. The van der Waals surface area contributed by atoms with Crippen molar-refractivity contribution in [2.24, 2.45) is 10.9 Å². The van der Waals surface area contributed by atoms with E-state index in [2.05, 4.69) is 20.2 Å². The molecule has 9 heteroatoms. The summed E-state index contributed by atoms with van der Waals surface area (Å²) >= 11 is 0. The molecule has 110 valence electrons. The number of hydrogen-bond donors (Lipinski definition) is 2. The predicted octanol–water partition coefficient (Wildman–Crippen LogP) is 0.726. The minimum absolute atomic E-state index is 0.0963. The van der Waals surface area contributed by atoms with E-state index in [1.807, 2.05) is 0 Å². The number of hydrogen-bond acceptors (Lipinski definition) is 5. The molecule has 0 atom stereocenters. The second-order valence-corrected chi connectivity index (χ2v) is 4.80. The molecule has 0 bridgehead atoms. The topological polar surface area (TPSA) is 107 Å². The number of imidazole rings is 1. The molecule has 22 heavy (non-hydrogen) atoms. The van der Waals surface area contributed by atoms with Crippen LogP contribution in [-0.2, 0) is 6.54 Å². The van der Waals surface area contributed by atoms with E-state index < -0.39 is 0 Å². The van der Waals surface area contributed by atoms with Crippen molar-refractivity contribution in [3.8, 4) is 17.1 Å². The molecule has 4 rings (SSSR count). The zero-order chi connectivity index (χ0) is 15.3. The van der Waals surface area contributed by atoms with Crippen LogP contribution in [0, 0.1) is 5.82 Å². The van der Waals surface area contributed by atoms with E-state index in [4.69, 9.17) is 10.9 Å². The van der Waals surface area contributed by atoms with Crippen LogP contribution in [0.3, 0.4) is 0 Å². The Morgan fingerprint density at radius 1 is 1.36 bits per heavy atom. The van der Waals surface area contributed by atoms with Gasteiger partial charge in [-0.05, 0) is 18.2 Å². The fourth-order valence-corrected chi connectivity index (χ4v) is 2.62. The molecular formula is C13H10FN7O. The summed E-state index contributed by atoms with van der Waals surface area (Å²) in [6.07, 6.45) is 2.95. The average Bonchev–Trinajstić information content (AvgIpc) is 3.12. The molecule has 0 amide bonds. The first-order valence-electron chi connectivity index (χ1n) is 6.41. The minimum atomic E-state index is -0.367. The lowest BCUT2D eigenvalue weighted by molar-refractivity contribution is 0.318. The highest BCUT2D eigenvalue weighted by Gasteiger charge is 2.25. The number of halogens is 1. The Hall–Kier alpha value is -3.23. The third kappa shape index (κ3) is 1.62. The van der Waals surface area contributed by atoms with Gasteiger partial charge in [-0.1, -0.05) is 5.16 Å². The molecule has 3 heterocycles. The first-order chi connectivity index (χ1) is 10.7. The fraction of sp³-hybridized carbons (Fsp3) is 0.0769. The average molecular weight is 299 g/mol. The molecule has 8 nitrogen and oxygen atoms in total. The number of fused-ring (bicyclic) bond motifs is 5. The number of amidine groups is 1. The quantitative estimate of drug-likeness (QED) is 0.233. The largest absolute Gasteiger partial charge is 0.409 e. The Kier molecular flexibility index (Phi) is 2.49. The van der Waals surface area contributed by atoms with Crippen molar-refractivity contribution in [1.29, 1.82) is 0 Å². The van der Waals surface area contributed by atoms with E-state index in [9.17, 15) is 4.39 Å². The van der Waals surface area contributed by atoms with Gasteiger partial charge in [-0.25, -0.2) is 19.0 Å². The minimum Gasteiger partial charge on any atom is -0.409 e. The van der Waals surface area contributed by atoms with Crippen molar-refractivity contribution in [3.05, 3.63) is 48.1 Å². The van der Waals surface area contributed by atoms with Gasteiger partial charge in [0.15, 0.2) is 11.7 Å². The molecule has 0 unspecified atom stereocenters. The molecule has 3 aromatic rings. The van der Waals surface area contributed by atoms with E-state index in [-0.39, 0.29) is 11.7 Å². The number of nitrogens with zero attached hydrogens (tertiary/aromatic N) is 6. The molecule has 0 fully saturated rings. The van der Waals surface area contributed by atoms with Crippen LogP contribution in [0.2, 0.25) is 0 Å². The number of nitrogens with two attached hydrogens (primary N) is 1. The molecular weight excluding hydrogens is 289 g/mol. The second-order valence-electron chi connectivity index (χ2n) is 4.80. The van der Waals surface area contributed by atoms with Crippen molar-refractivity contribution in [1.82, 2.24) is 24.3 Å². The Morgan fingerprint density at radius 2 is 2.23 bits per heavy atom. The summed E-state index contributed by atoms with van der Waals surface area (Å²) < 4.78 is 17.0. The highest BCUT2D eigenvalue weighted by Crippen LogP contribution is 2.31. The molecule has 1 aliphatic heterocycles. The van der Waals surface area contributed by atoms with Crippen molar-refractivity contribution in [3.63, 3.8) is 0 Å². The van der Waals surface area contributed by atoms with Crippen LogP contribution >= 0.6 is 0 Å². The highest BCUT2D eigenvalue weighted by molar-refractivity contribution is 5.96. The van der Waals surface area contributed by atoms with Crippen LogP contribution in [0.5, 0.6) is 0 Å². The molecule has 1 aromatic carbocycles. The van der Waals surface area contributed by atoms with Crippen molar-refractivity contribution in [2.45, 2.75) is 6.54 Å². The number of benzene rings is 1. The highest BCUT2D eigenvalue weighted by atomic mass is 19.1. The Morgan fingerprint density at radius 3 is 3.05 bits per heavy atom. The number of rotatable bonds is 1. The van der Waals surface area contributed by atoms with E-state index in [1.165, 1.54) is 18.5 Å². The summed E-state index contributed by atoms with van der Waals surface area (Å²) in [5.74, 6) is 0.0816. The van der Waals surface area contributed by atoms with Crippen molar-refractivity contribution in [2.75, 3.05) is 0 Å². The maximum Gasteiger partial charge on any atom is 0.190 e. The van der Waals surface area contributed by atoms with Gasteiger partial charge in [-0.3, -0.25) is 4.57 Å². The van der Waals surface area contributed by atoms with Gasteiger partial charge in [-0.15, -0.1) is 0 Å². The Bertz CT molecular complexity index is 911. The molecule has 3 N–H and O–H groups in total. The monoisotopic (exact) mass is 299 g/mol. The van der Waals surface area contributed by atoms with Crippen molar-refractivity contribution < 1.29 is 9.60 Å². The summed E-state index contributed by atoms with van der Waals surface area (Å²) in [5.41, 5.74) is 7.99. The number of aromatic nitrogens is 5. The molecule has 0 saturated heterocycles. The van der Waals surface area contributed by atoms with E-state index in [1.54, 1.807) is 21.6 Å². The van der Waals surface area contributed by atoms with Crippen LogP contribution in [0.25, 0.3) is 17.1 Å². The summed E-state index contributed by atoms with van der Waals surface area (Å²) in [6, 6.07) is 4.39. The van der Waals surface area contributed by atoms with Crippen LogP contribution in [-0.4, -0.2) is 35.4 Å². The standard InChI is InChI=1S/C13H10FN7O/c14-7-1-2-9-8(3-7)13-16-5-18-21(13)4-10-11(12(15)19-22)17-6-20(9)10/h1-3,5-6,22H,4H2,(H2,15,19). The normalized spacial score (nSPS) is 13.2. The summed E-state index contributed by atoms with van der Waals surface area (Å²) in [5, 5.41) is 16.0. The maximum atomic E-state index is 13.6. The Balaban J connectivity index is 2.06. The molecule has 2 aromatic heterocycles. The van der Waals surface area contributed by atoms with Crippen LogP contribution in [0.4, 0.5) is 4.39 Å². The lowest BCUT2D eigenvalue weighted by Crippen LogP contribution is -2.18. The van der Waals surface area contributed by atoms with E-state index in [0.717, 1.165) is 0 Å². The first kappa shape index (κ1) is 12.5. The number of oxime groups is 1. The molecule has 0 radical (unpaired) electrons. The summed E-state index contributed by atoms with van der Waals surface area (Å²) in [6.45, 7) is 0.317. The molecule has 0 saturated carbocycles. The summed E-state index contributed by atoms with van der Waals surface area (Å²) in [4.78, 5) is 8.38. The fourth-order valence-electron chi connectivity index (χ4n) is 2.62. The molecule has 0 spiro atoms. The zero-order valence-electron chi connectivity index (χ0n) is 11.2. The lowest BCUT2D eigenvalue weighted by atomic mass is 10.1. The van der Waals surface area contributed by atoms with Crippen LogP contribution in [0.1, 0.15) is 11.4 Å². The van der Waals surface area contributed by atoms with Crippen LogP contribution < -0.4 is 5.73 Å². The van der Waals surface area contributed by atoms with Gasteiger partial charge in [0.25, 0.3) is 0 Å². The van der Waals surface area contributed by atoms with Crippen LogP contribution in [0.15, 0.2) is 36.0 Å². The third-order valence-corrected chi connectivity index (χ3v) is 3.59. The van der Waals surface area contributed by atoms with Gasteiger partial charge in [0.05, 0.1) is 17.9 Å². The zero-order valence-corrected chi connectivity index (χ0v) is 11.2. The van der Waals surface area contributed by atoms with Gasteiger partial charge in [0.1, 0.15) is 24.2 Å².